The van der Waals surface area contributed by atoms with Crippen LogP contribution in [0, 0.1) is 0 Å². The Bertz CT molecular complexity index is 1770. The van der Waals surface area contributed by atoms with Crippen molar-refractivity contribution in [1.29, 1.82) is 0 Å². The van der Waals surface area contributed by atoms with E-state index in [1.54, 1.807) is 0 Å². The third kappa shape index (κ3) is 7.19. The van der Waals surface area contributed by atoms with E-state index in [9.17, 15) is 60.3 Å². The van der Waals surface area contributed by atoms with E-state index in [0.717, 1.165) is 24.3 Å². The monoisotopic (exact) mass is 696 g/mol. The highest BCUT2D eigenvalue weighted by Crippen LogP contribution is 2.39. The number of aromatic hydroxyl groups is 4. The molecule has 49 heavy (non-hydrogen) atoms. The van der Waals surface area contributed by atoms with Crippen molar-refractivity contribution >= 4 is 22.9 Å². The number of hydrogen-bond acceptors (Lipinski definition) is 18. The van der Waals surface area contributed by atoms with E-state index < -0.39 is 132 Å². The Labute approximate surface area is 273 Å². The number of esters is 1. The van der Waals surface area contributed by atoms with Gasteiger partial charge in [0.25, 0.3) is 0 Å². The number of carbonyl (C=O) groups excluding carboxylic acids is 1. The van der Waals surface area contributed by atoms with E-state index in [1.165, 1.54) is 13.0 Å². The van der Waals surface area contributed by atoms with Gasteiger partial charge in [0.2, 0.25) is 17.5 Å². The van der Waals surface area contributed by atoms with Crippen LogP contribution in [-0.2, 0) is 28.5 Å². The van der Waals surface area contributed by atoms with E-state index in [4.69, 9.17) is 33.2 Å². The minimum absolute atomic E-state index is 0.111. The van der Waals surface area contributed by atoms with Crippen molar-refractivity contribution in [2.24, 2.45) is 0 Å². The van der Waals surface area contributed by atoms with Crippen molar-refractivity contribution in [1.82, 2.24) is 0 Å². The predicted octanol–water partition coefficient (Wildman–Crippen LogP) is -1.66. The molecule has 0 saturated carbocycles. The van der Waals surface area contributed by atoms with Crippen molar-refractivity contribution in [3.05, 3.63) is 40.6 Å². The molecule has 3 aromatic rings. The summed E-state index contributed by atoms with van der Waals surface area (Å²) in [6.07, 6.45) is -18.6. The summed E-state index contributed by atoms with van der Waals surface area (Å²) >= 11 is 0. The summed E-state index contributed by atoms with van der Waals surface area (Å²) in [5.41, 5.74) is -1.59. The van der Waals surface area contributed by atoms with Crippen molar-refractivity contribution in [2.45, 2.75) is 74.8 Å². The smallest absolute Gasteiger partial charge is 0.317 e. The fourth-order valence-corrected chi connectivity index (χ4v) is 5.28. The lowest BCUT2D eigenvalue weighted by Crippen LogP contribution is -2.62. The normalized spacial score (nSPS) is 30.2. The molecule has 19 heteroatoms. The molecule has 0 amide bonds. The van der Waals surface area contributed by atoms with Crippen LogP contribution in [0.1, 0.15) is 13.3 Å². The van der Waals surface area contributed by atoms with E-state index in [0.29, 0.717) is 0 Å². The van der Waals surface area contributed by atoms with E-state index in [-0.39, 0.29) is 11.1 Å². The van der Waals surface area contributed by atoms with Crippen LogP contribution in [0.25, 0.3) is 22.3 Å². The lowest BCUT2D eigenvalue weighted by molar-refractivity contribution is -0.319. The van der Waals surface area contributed by atoms with Gasteiger partial charge < -0.3 is 79.2 Å². The lowest BCUT2D eigenvalue weighted by Gasteiger charge is -2.43. The standard InChI is InChI=1S/C30H32O19/c1-9-20(38)23(41)24(42)29(45-9)44-8-16-21(39)27(48-18(37)7-17(35)36)25(43)30(47-16)49-28-22(40)19-14(34)5-11(31)6-15(19)46-26(28)10-2-3-12(32)13(33)4-10/h2-6,9,16,20-21,23-25,27,29-34,38-39,41-43H,7-8H2,1H3,(H,35,36)/t9-,16+,20-,21+,23+,24+,25+,27-,29+,30-/m0/s1. The largest absolute Gasteiger partial charge is 0.508 e. The maximum Gasteiger partial charge on any atom is 0.317 e. The van der Waals surface area contributed by atoms with Crippen molar-refractivity contribution in [3.8, 4) is 40.1 Å². The molecular formula is C30H32O19. The number of aliphatic carboxylic acids is 1. The molecule has 19 nitrogen and oxygen atoms in total. The summed E-state index contributed by atoms with van der Waals surface area (Å²) in [5, 5.41) is 101. The first-order chi connectivity index (χ1) is 23.1. The maximum absolute atomic E-state index is 13.8. The first kappa shape index (κ1) is 35.6. The first-order valence-corrected chi connectivity index (χ1v) is 14.5. The molecule has 0 aliphatic carbocycles. The number of aliphatic hydroxyl groups is 5. The molecule has 0 bridgehead atoms. The highest BCUT2D eigenvalue weighted by molar-refractivity contribution is 5.90. The second-order valence-electron chi connectivity index (χ2n) is 11.3. The molecule has 5 rings (SSSR count). The zero-order valence-corrected chi connectivity index (χ0v) is 25.2. The minimum atomic E-state index is -2.16. The fraction of sp³-hybridized carbons (Fsp3) is 0.433. The van der Waals surface area contributed by atoms with Gasteiger partial charge in [-0.05, 0) is 25.1 Å². The van der Waals surface area contributed by atoms with Crippen molar-refractivity contribution in [2.75, 3.05) is 6.61 Å². The van der Waals surface area contributed by atoms with Gasteiger partial charge in [-0.3, -0.25) is 14.4 Å². The summed E-state index contributed by atoms with van der Waals surface area (Å²) in [5.74, 6) is -6.77. The minimum Gasteiger partial charge on any atom is -0.508 e. The number of rotatable bonds is 9. The zero-order chi connectivity index (χ0) is 35.9. The van der Waals surface area contributed by atoms with Crippen LogP contribution >= 0.6 is 0 Å². The molecule has 10 N–H and O–H groups in total. The summed E-state index contributed by atoms with van der Waals surface area (Å²) in [7, 11) is 0. The van der Waals surface area contributed by atoms with Crippen LogP contribution < -0.4 is 10.2 Å². The zero-order valence-electron chi connectivity index (χ0n) is 25.2. The number of benzene rings is 2. The number of fused-ring (bicyclic) bond motifs is 1. The average Bonchev–Trinajstić information content (AvgIpc) is 3.02. The average molecular weight is 697 g/mol. The van der Waals surface area contributed by atoms with Crippen LogP contribution in [0.15, 0.2) is 39.5 Å². The Morgan fingerprint density at radius 2 is 1.53 bits per heavy atom. The van der Waals surface area contributed by atoms with Crippen LogP contribution in [-0.4, -0.2) is 131 Å². The number of phenols is 4. The molecule has 0 spiro atoms. The van der Waals surface area contributed by atoms with Gasteiger partial charge in [-0.25, -0.2) is 0 Å². The van der Waals surface area contributed by atoms with Gasteiger partial charge in [-0.2, -0.15) is 0 Å². The molecule has 2 fully saturated rings. The predicted molar refractivity (Wildman–Crippen MR) is 156 cm³/mol. The molecule has 0 radical (unpaired) electrons. The van der Waals surface area contributed by atoms with Crippen LogP contribution in [0.3, 0.4) is 0 Å². The Balaban J connectivity index is 1.54. The highest BCUT2D eigenvalue weighted by Gasteiger charge is 2.50. The topological polar surface area (TPSA) is 313 Å². The van der Waals surface area contributed by atoms with Crippen molar-refractivity contribution < 1.29 is 88.8 Å². The van der Waals surface area contributed by atoms with Crippen LogP contribution in [0.4, 0.5) is 0 Å². The Morgan fingerprint density at radius 3 is 2.20 bits per heavy atom. The lowest BCUT2D eigenvalue weighted by atomic mass is 9.98. The van der Waals surface area contributed by atoms with Gasteiger partial charge in [-0.1, -0.05) is 0 Å². The summed E-state index contributed by atoms with van der Waals surface area (Å²) < 4.78 is 33.1. The molecule has 2 aliphatic rings. The van der Waals surface area contributed by atoms with Crippen LogP contribution in [0.2, 0.25) is 0 Å². The number of phenolic OH excluding ortho intramolecular Hbond substituents is 4. The number of aliphatic hydroxyl groups excluding tert-OH is 5. The molecule has 3 heterocycles. The summed E-state index contributed by atoms with van der Waals surface area (Å²) in [4.78, 5) is 37.2. The van der Waals surface area contributed by atoms with Gasteiger partial charge in [0, 0.05) is 17.7 Å². The molecular weight excluding hydrogens is 664 g/mol. The summed E-state index contributed by atoms with van der Waals surface area (Å²) in [6.45, 7) is 0.628. The van der Waals surface area contributed by atoms with E-state index in [1.807, 2.05) is 0 Å². The highest BCUT2D eigenvalue weighted by atomic mass is 16.7. The molecule has 266 valence electrons. The number of carbonyl (C=O) groups is 2. The van der Waals surface area contributed by atoms with E-state index >= 15 is 0 Å². The Kier molecular flexibility index (Phi) is 10.2. The van der Waals surface area contributed by atoms with Crippen LogP contribution in [0.5, 0.6) is 28.7 Å². The second kappa shape index (κ2) is 14.0. The Hall–Kier alpha value is -4.73. The quantitative estimate of drug-likeness (QED) is 0.0680. The Morgan fingerprint density at radius 1 is 0.816 bits per heavy atom. The second-order valence-corrected chi connectivity index (χ2v) is 11.3. The molecule has 1 aromatic heterocycles. The number of carboxylic acid groups (broad SMARTS) is 1. The third-order valence-electron chi connectivity index (χ3n) is 7.83. The number of carboxylic acids is 1. The molecule has 2 saturated heterocycles. The number of hydrogen-bond donors (Lipinski definition) is 10. The molecule has 0 unspecified atom stereocenters. The third-order valence-corrected chi connectivity index (χ3v) is 7.83. The molecule has 10 atom stereocenters. The summed E-state index contributed by atoms with van der Waals surface area (Å²) in [6, 6.07) is 4.99. The van der Waals surface area contributed by atoms with Gasteiger partial charge in [0.1, 0.15) is 59.4 Å². The fourth-order valence-electron chi connectivity index (χ4n) is 5.28. The van der Waals surface area contributed by atoms with Gasteiger partial charge >= 0.3 is 11.9 Å². The SMILES string of the molecule is C[C@@H]1O[C@@H](OC[C@H]2O[C@@H](Oc3c(-c4ccc(O)c(O)c4)oc4cc(O)cc(O)c4c3=O)[C@H](O)[C@@H](OC(=O)CC(=O)O)[C@@H]2O)[C@H](O)[C@H](O)[C@H]1O. The van der Waals surface area contributed by atoms with E-state index in [2.05, 4.69) is 0 Å². The van der Waals surface area contributed by atoms with Gasteiger partial charge in [0.15, 0.2) is 35.8 Å². The first-order valence-electron chi connectivity index (χ1n) is 14.5. The van der Waals surface area contributed by atoms with Gasteiger partial charge in [0.05, 0.1) is 12.7 Å². The maximum atomic E-state index is 13.8. The number of ether oxygens (including phenoxy) is 5. The van der Waals surface area contributed by atoms with Gasteiger partial charge in [-0.15, -0.1) is 0 Å². The molecule has 2 aliphatic heterocycles. The van der Waals surface area contributed by atoms with Crippen molar-refractivity contribution in [3.63, 3.8) is 0 Å². The molecule has 2 aromatic carbocycles.